The minimum atomic E-state index is 0.180. The highest BCUT2D eigenvalue weighted by Gasteiger charge is 2.42. The average Bonchev–Trinajstić information content (AvgIpc) is 2.91. The number of benzene rings is 1. The van der Waals surface area contributed by atoms with E-state index in [0.29, 0.717) is 12.0 Å². The summed E-state index contributed by atoms with van der Waals surface area (Å²) in [5, 5.41) is 4.40. The maximum Gasteiger partial charge on any atom is 0.0686 e. The van der Waals surface area contributed by atoms with E-state index in [4.69, 9.17) is 16.3 Å². The van der Waals surface area contributed by atoms with E-state index in [1.807, 2.05) is 6.07 Å². The van der Waals surface area contributed by atoms with E-state index in [2.05, 4.69) is 31.4 Å². The van der Waals surface area contributed by atoms with Crippen molar-refractivity contribution in [1.82, 2.24) is 5.32 Å². The normalized spacial score (nSPS) is 26.1. The maximum atomic E-state index is 6.18. The molecule has 2 aliphatic rings. The standard InChI is InChI=1S/C18H26ClNO/c1-13-11-14(5-6-16(13)19)17(20-2)15-7-10-21-18(12-15)8-3-4-9-18/h5-6,11,15,17,20H,3-4,7-10,12H2,1-2H3. The van der Waals surface area contributed by atoms with Crippen molar-refractivity contribution in [2.75, 3.05) is 13.7 Å². The Hall–Kier alpha value is -0.570. The Morgan fingerprint density at radius 2 is 2.10 bits per heavy atom. The van der Waals surface area contributed by atoms with Crippen LogP contribution in [0.2, 0.25) is 5.02 Å². The molecule has 1 aromatic rings. The molecule has 0 amide bonds. The predicted molar refractivity (Wildman–Crippen MR) is 87.9 cm³/mol. The molecule has 1 aliphatic carbocycles. The van der Waals surface area contributed by atoms with Crippen LogP contribution in [0, 0.1) is 12.8 Å². The van der Waals surface area contributed by atoms with Crippen molar-refractivity contribution in [3.8, 4) is 0 Å². The zero-order chi connectivity index (χ0) is 14.9. The van der Waals surface area contributed by atoms with Crippen LogP contribution in [0.3, 0.4) is 0 Å². The van der Waals surface area contributed by atoms with E-state index in [0.717, 1.165) is 23.6 Å². The Labute approximate surface area is 133 Å². The van der Waals surface area contributed by atoms with Gasteiger partial charge in [0.1, 0.15) is 0 Å². The SMILES string of the molecule is CNC(c1ccc(Cl)c(C)c1)C1CCOC2(CCCC2)C1. The minimum absolute atomic E-state index is 0.180. The summed E-state index contributed by atoms with van der Waals surface area (Å²) in [6.07, 6.45) is 7.50. The van der Waals surface area contributed by atoms with Gasteiger partial charge in [-0.05, 0) is 62.8 Å². The van der Waals surface area contributed by atoms with E-state index in [-0.39, 0.29) is 5.60 Å². The summed E-state index contributed by atoms with van der Waals surface area (Å²) in [7, 11) is 2.07. The largest absolute Gasteiger partial charge is 0.375 e. The quantitative estimate of drug-likeness (QED) is 0.877. The van der Waals surface area contributed by atoms with Crippen LogP contribution < -0.4 is 5.32 Å². The Bertz CT molecular complexity index is 496. The molecule has 0 radical (unpaired) electrons. The molecule has 0 aromatic heterocycles. The topological polar surface area (TPSA) is 21.3 Å². The van der Waals surface area contributed by atoms with Crippen molar-refractivity contribution in [2.24, 2.45) is 5.92 Å². The molecule has 1 saturated heterocycles. The third kappa shape index (κ3) is 3.13. The molecular weight excluding hydrogens is 282 g/mol. The monoisotopic (exact) mass is 307 g/mol. The molecule has 0 bridgehead atoms. The fourth-order valence-corrected chi connectivity index (χ4v) is 4.37. The lowest BCUT2D eigenvalue weighted by Gasteiger charge is -2.41. The van der Waals surface area contributed by atoms with Crippen LogP contribution in [0.1, 0.15) is 55.7 Å². The van der Waals surface area contributed by atoms with Crippen LogP contribution in [-0.2, 0) is 4.74 Å². The molecular formula is C18H26ClNO. The summed E-state index contributed by atoms with van der Waals surface area (Å²) in [5.41, 5.74) is 2.70. The summed E-state index contributed by atoms with van der Waals surface area (Å²) in [6, 6.07) is 6.84. The van der Waals surface area contributed by atoms with Crippen molar-refractivity contribution in [3.05, 3.63) is 34.3 Å². The van der Waals surface area contributed by atoms with Gasteiger partial charge in [-0.3, -0.25) is 0 Å². The molecule has 2 fully saturated rings. The van der Waals surface area contributed by atoms with Gasteiger partial charge in [-0.1, -0.05) is 36.6 Å². The average molecular weight is 308 g/mol. The first-order valence-corrected chi connectivity index (χ1v) is 8.59. The molecule has 1 spiro atoms. The predicted octanol–water partition coefficient (Wildman–Crippen LogP) is 4.65. The third-order valence-corrected chi connectivity index (χ3v) is 5.79. The molecule has 1 heterocycles. The van der Waals surface area contributed by atoms with Crippen LogP contribution in [-0.4, -0.2) is 19.3 Å². The smallest absolute Gasteiger partial charge is 0.0686 e. The third-order valence-electron chi connectivity index (χ3n) is 5.37. The van der Waals surface area contributed by atoms with Crippen molar-refractivity contribution >= 4 is 11.6 Å². The zero-order valence-corrected chi connectivity index (χ0v) is 13.9. The summed E-state index contributed by atoms with van der Waals surface area (Å²) < 4.78 is 6.18. The second-order valence-corrected chi connectivity index (χ2v) is 7.17. The van der Waals surface area contributed by atoms with Gasteiger partial charge in [0.25, 0.3) is 0 Å². The van der Waals surface area contributed by atoms with Crippen LogP contribution in [0.4, 0.5) is 0 Å². The first kappa shape index (κ1) is 15.3. The Balaban J connectivity index is 1.80. The molecule has 1 N–H and O–H groups in total. The Morgan fingerprint density at radius 3 is 2.76 bits per heavy atom. The highest BCUT2D eigenvalue weighted by Crippen LogP contribution is 2.45. The number of ether oxygens (including phenoxy) is 1. The molecule has 2 unspecified atom stereocenters. The van der Waals surface area contributed by atoms with E-state index >= 15 is 0 Å². The van der Waals surface area contributed by atoms with Gasteiger partial charge in [0.2, 0.25) is 0 Å². The number of hydrogen-bond acceptors (Lipinski definition) is 2. The fourth-order valence-electron chi connectivity index (χ4n) is 4.25. The van der Waals surface area contributed by atoms with Crippen molar-refractivity contribution < 1.29 is 4.74 Å². The van der Waals surface area contributed by atoms with E-state index in [1.165, 1.54) is 37.7 Å². The van der Waals surface area contributed by atoms with Gasteiger partial charge in [-0.25, -0.2) is 0 Å². The first-order valence-electron chi connectivity index (χ1n) is 8.21. The lowest BCUT2D eigenvalue weighted by Crippen LogP contribution is -2.41. The van der Waals surface area contributed by atoms with Crippen LogP contribution in [0.5, 0.6) is 0 Å². The Kier molecular flexibility index (Phi) is 4.58. The molecule has 1 saturated carbocycles. The second-order valence-electron chi connectivity index (χ2n) is 6.77. The van der Waals surface area contributed by atoms with Crippen molar-refractivity contribution in [2.45, 2.75) is 57.1 Å². The van der Waals surface area contributed by atoms with Gasteiger partial charge in [-0.2, -0.15) is 0 Å². The molecule has 3 heteroatoms. The number of nitrogens with one attached hydrogen (secondary N) is 1. The highest BCUT2D eigenvalue weighted by molar-refractivity contribution is 6.31. The van der Waals surface area contributed by atoms with Gasteiger partial charge < -0.3 is 10.1 Å². The van der Waals surface area contributed by atoms with Gasteiger partial charge >= 0.3 is 0 Å². The lowest BCUT2D eigenvalue weighted by atomic mass is 9.78. The van der Waals surface area contributed by atoms with Gasteiger partial charge in [0.15, 0.2) is 0 Å². The summed E-state index contributed by atoms with van der Waals surface area (Å²) >= 11 is 6.17. The minimum Gasteiger partial charge on any atom is -0.375 e. The molecule has 21 heavy (non-hydrogen) atoms. The first-order chi connectivity index (χ1) is 10.1. The molecule has 1 aliphatic heterocycles. The van der Waals surface area contributed by atoms with E-state index < -0.39 is 0 Å². The fraction of sp³-hybridized carbons (Fsp3) is 0.667. The Morgan fingerprint density at radius 1 is 1.33 bits per heavy atom. The summed E-state index contributed by atoms with van der Waals surface area (Å²) in [6.45, 7) is 3.00. The van der Waals surface area contributed by atoms with Crippen LogP contribution in [0.25, 0.3) is 0 Å². The zero-order valence-electron chi connectivity index (χ0n) is 13.1. The number of aryl methyl sites for hydroxylation is 1. The van der Waals surface area contributed by atoms with Crippen molar-refractivity contribution in [1.29, 1.82) is 0 Å². The second kappa shape index (κ2) is 6.28. The van der Waals surface area contributed by atoms with E-state index in [1.54, 1.807) is 0 Å². The lowest BCUT2D eigenvalue weighted by molar-refractivity contribution is -0.0978. The van der Waals surface area contributed by atoms with E-state index in [9.17, 15) is 0 Å². The highest BCUT2D eigenvalue weighted by atomic mass is 35.5. The number of halogens is 1. The van der Waals surface area contributed by atoms with Gasteiger partial charge in [0.05, 0.1) is 5.60 Å². The molecule has 116 valence electrons. The number of rotatable bonds is 3. The van der Waals surface area contributed by atoms with Gasteiger partial charge in [0, 0.05) is 17.7 Å². The maximum absolute atomic E-state index is 6.18. The van der Waals surface area contributed by atoms with Crippen molar-refractivity contribution in [3.63, 3.8) is 0 Å². The molecule has 1 aromatic carbocycles. The molecule has 2 atom stereocenters. The van der Waals surface area contributed by atoms with Crippen LogP contribution in [0.15, 0.2) is 18.2 Å². The molecule has 2 nitrogen and oxygen atoms in total. The van der Waals surface area contributed by atoms with Gasteiger partial charge in [-0.15, -0.1) is 0 Å². The van der Waals surface area contributed by atoms with Crippen LogP contribution >= 0.6 is 11.6 Å². The summed E-state index contributed by atoms with van der Waals surface area (Å²) in [4.78, 5) is 0. The summed E-state index contributed by atoms with van der Waals surface area (Å²) in [5.74, 6) is 0.655. The molecule has 3 rings (SSSR count). The number of hydrogen-bond donors (Lipinski definition) is 1.